The molecule has 1 saturated carbocycles. The Kier molecular flexibility index (Phi) is 15.6. The molecule has 1 aliphatic heterocycles. The SMILES string of the molecule is CCCC(CC(=O)[C@@H]1C[C@@H](O)CN1C(=O)[C@@H](NC(=O)c1c(F)cccc1F)C1CCCCC1)C(=O)C(=O)CCC(=O)NC(C(N)=O)c1cc(OC)cc(OC)c1. The van der Waals surface area contributed by atoms with Gasteiger partial charge in [0.15, 0.2) is 11.6 Å². The van der Waals surface area contributed by atoms with Crippen molar-refractivity contribution in [3.05, 3.63) is 59.2 Å². The number of primary amides is 1. The number of carbonyl (C=O) groups excluding carboxylic acids is 7. The number of amides is 4. The number of Topliss-reactive ketones (excluding diaryl/α,β-unsaturated/α-hetero) is 3. The van der Waals surface area contributed by atoms with Crippen LogP contribution in [0.25, 0.3) is 0 Å². The fourth-order valence-electron chi connectivity index (χ4n) is 7.50. The van der Waals surface area contributed by atoms with Crippen LogP contribution in [0.3, 0.4) is 0 Å². The molecule has 2 unspecified atom stereocenters. The molecule has 14 nitrogen and oxygen atoms in total. The van der Waals surface area contributed by atoms with Crippen LogP contribution in [0, 0.1) is 23.5 Å². The number of nitrogens with zero attached hydrogens (tertiary/aromatic N) is 1. The van der Waals surface area contributed by atoms with Crippen molar-refractivity contribution in [2.45, 2.75) is 102 Å². The van der Waals surface area contributed by atoms with Crippen molar-refractivity contribution in [1.82, 2.24) is 15.5 Å². The van der Waals surface area contributed by atoms with Crippen LogP contribution in [-0.4, -0.2) is 89.9 Å². The van der Waals surface area contributed by atoms with E-state index >= 15 is 0 Å². The van der Waals surface area contributed by atoms with E-state index in [4.69, 9.17) is 15.2 Å². The maximum absolute atomic E-state index is 14.5. The van der Waals surface area contributed by atoms with Crippen molar-refractivity contribution in [2.24, 2.45) is 17.6 Å². The molecule has 4 rings (SSSR count). The Morgan fingerprint density at radius 1 is 0.929 bits per heavy atom. The topological polar surface area (TPSA) is 211 Å². The fraction of sp³-hybridized carbons (Fsp3) is 0.525. The molecule has 16 heteroatoms. The zero-order chi connectivity index (χ0) is 41.1. The maximum atomic E-state index is 14.5. The van der Waals surface area contributed by atoms with Gasteiger partial charge in [0.25, 0.3) is 5.91 Å². The molecule has 0 aromatic heterocycles. The van der Waals surface area contributed by atoms with E-state index in [0.717, 1.165) is 42.4 Å². The summed E-state index contributed by atoms with van der Waals surface area (Å²) in [4.78, 5) is 94.0. The summed E-state index contributed by atoms with van der Waals surface area (Å²) in [5.74, 6) is -8.86. The zero-order valence-corrected chi connectivity index (χ0v) is 31.8. The number of aliphatic hydroxyl groups excluding tert-OH is 1. The van der Waals surface area contributed by atoms with Crippen molar-refractivity contribution < 1.29 is 56.9 Å². The summed E-state index contributed by atoms with van der Waals surface area (Å²) in [6.07, 6.45) is 1.35. The van der Waals surface area contributed by atoms with Crippen LogP contribution < -0.4 is 25.8 Å². The Hall–Kier alpha value is -5.25. The minimum Gasteiger partial charge on any atom is -0.497 e. The number of hydrogen-bond acceptors (Lipinski definition) is 10. The quantitative estimate of drug-likeness (QED) is 0.153. The molecule has 2 aromatic rings. The van der Waals surface area contributed by atoms with E-state index in [0.29, 0.717) is 30.8 Å². The molecule has 5 atom stereocenters. The Morgan fingerprint density at radius 3 is 2.12 bits per heavy atom. The molecule has 0 radical (unpaired) electrons. The van der Waals surface area contributed by atoms with Crippen LogP contribution in [0.1, 0.15) is 99.5 Å². The Bertz CT molecular complexity index is 1760. The summed E-state index contributed by atoms with van der Waals surface area (Å²) >= 11 is 0. The predicted molar refractivity (Wildman–Crippen MR) is 197 cm³/mol. The summed E-state index contributed by atoms with van der Waals surface area (Å²) in [5, 5.41) is 15.6. The first-order valence-corrected chi connectivity index (χ1v) is 18.8. The van der Waals surface area contributed by atoms with Gasteiger partial charge in [-0.2, -0.15) is 0 Å². The first kappa shape index (κ1) is 43.5. The molecule has 304 valence electrons. The summed E-state index contributed by atoms with van der Waals surface area (Å²) in [5.41, 5.74) is 4.97. The van der Waals surface area contributed by atoms with Gasteiger partial charge in [0.2, 0.25) is 23.5 Å². The van der Waals surface area contributed by atoms with Crippen molar-refractivity contribution >= 4 is 41.0 Å². The van der Waals surface area contributed by atoms with Crippen LogP contribution in [0.15, 0.2) is 36.4 Å². The van der Waals surface area contributed by atoms with Crippen LogP contribution in [0.5, 0.6) is 11.5 Å². The molecule has 2 fully saturated rings. The third-order valence-corrected chi connectivity index (χ3v) is 10.4. The molecule has 2 aliphatic rings. The molecule has 1 aliphatic carbocycles. The normalized spacial score (nSPS) is 18.6. The number of ether oxygens (including phenoxy) is 2. The van der Waals surface area contributed by atoms with Crippen molar-refractivity contribution in [2.75, 3.05) is 20.8 Å². The lowest BCUT2D eigenvalue weighted by Gasteiger charge is -2.34. The third kappa shape index (κ3) is 11.0. The smallest absolute Gasteiger partial charge is 0.257 e. The van der Waals surface area contributed by atoms with Gasteiger partial charge in [-0.15, -0.1) is 0 Å². The second-order valence-corrected chi connectivity index (χ2v) is 14.3. The van der Waals surface area contributed by atoms with E-state index in [1.54, 1.807) is 13.0 Å². The highest BCUT2D eigenvalue weighted by Crippen LogP contribution is 2.31. The van der Waals surface area contributed by atoms with E-state index in [2.05, 4.69) is 10.6 Å². The van der Waals surface area contributed by atoms with Gasteiger partial charge in [-0.1, -0.05) is 38.7 Å². The predicted octanol–water partition coefficient (Wildman–Crippen LogP) is 3.26. The minimum atomic E-state index is -1.30. The number of nitrogens with one attached hydrogen (secondary N) is 2. The first-order valence-electron chi connectivity index (χ1n) is 18.8. The van der Waals surface area contributed by atoms with Gasteiger partial charge in [-0.25, -0.2) is 8.78 Å². The molecular formula is C40H50F2N4O10. The van der Waals surface area contributed by atoms with Gasteiger partial charge in [-0.05, 0) is 55.0 Å². The molecule has 0 spiro atoms. The highest BCUT2D eigenvalue weighted by molar-refractivity contribution is 6.38. The Labute approximate surface area is 323 Å². The average Bonchev–Trinajstić information content (AvgIpc) is 3.58. The number of carbonyl (C=O) groups is 7. The second-order valence-electron chi connectivity index (χ2n) is 14.3. The van der Waals surface area contributed by atoms with Crippen molar-refractivity contribution in [3.63, 3.8) is 0 Å². The molecule has 56 heavy (non-hydrogen) atoms. The lowest BCUT2D eigenvalue weighted by atomic mass is 9.82. The summed E-state index contributed by atoms with van der Waals surface area (Å²) in [6.45, 7) is 1.50. The summed E-state index contributed by atoms with van der Waals surface area (Å²) in [7, 11) is 2.81. The Balaban J connectivity index is 1.44. The number of benzene rings is 2. The summed E-state index contributed by atoms with van der Waals surface area (Å²) < 4.78 is 39.5. The third-order valence-electron chi connectivity index (χ3n) is 10.4. The van der Waals surface area contributed by atoms with Crippen molar-refractivity contribution in [3.8, 4) is 11.5 Å². The van der Waals surface area contributed by atoms with Gasteiger partial charge >= 0.3 is 0 Å². The second kappa shape index (κ2) is 20.1. The highest BCUT2D eigenvalue weighted by atomic mass is 19.1. The van der Waals surface area contributed by atoms with Gasteiger partial charge in [-0.3, -0.25) is 33.6 Å². The molecule has 0 bridgehead atoms. The van der Waals surface area contributed by atoms with E-state index in [1.165, 1.54) is 26.4 Å². The first-order chi connectivity index (χ1) is 26.7. The van der Waals surface area contributed by atoms with Crippen LogP contribution in [0.4, 0.5) is 8.78 Å². The average molecular weight is 785 g/mol. The number of likely N-dealkylation sites (tertiary alicyclic amines) is 1. The van der Waals surface area contributed by atoms with E-state index in [9.17, 15) is 47.4 Å². The van der Waals surface area contributed by atoms with Crippen LogP contribution >= 0.6 is 0 Å². The molecule has 5 N–H and O–H groups in total. The molecule has 4 amide bonds. The summed E-state index contributed by atoms with van der Waals surface area (Å²) in [6, 6.07) is 3.74. The number of hydrogen-bond donors (Lipinski definition) is 4. The number of β-amino-alcohol motifs (C(OH)–C–C–N with tert-alkyl or cyclic N) is 1. The maximum Gasteiger partial charge on any atom is 0.257 e. The largest absolute Gasteiger partial charge is 0.497 e. The van der Waals surface area contributed by atoms with E-state index in [-0.39, 0.29) is 24.9 Å². The monoisotopic (exact) mass is 784 g/mol. The number of nitrogens with two attached hydrogens (primary N) is 1. The highest BCUT2D eigenvalue weighted by Gasteiger charge is 2.44. The lowest BCUT2D eigenvalue weighted by Crippen LogP contribution is -2.55. The van der Waals surface area contributed by atoms with Gasteiger partial charge in [0.05, 0.1) is 26.4 Å². The molecule has 1 saturated heterocycles. The fourth-order valence-corrected chi connectivity index (χ4v) is 7.50. The number of halogens is 2. The Morgan fingerprint density at radius 2 is 1.55 bits per heavy atom. The van der Waals surface area contributed by atoms with Crippen LogP contribution in [-0.2, 0) is 28.8 Å². The van der Waals surface area contributed by atoms with Gasteiger partial charge < -0.3 is 35.8 Å². The van der Waals surface area contributed by atoms with E-state index < -0.39 is 114 Å². The van der Waals surface area contributed by atoms with Crippen LogP contribution in [0.2, 0.25) is 0 Å². The number of rotatable bonds is 19. The lowest BCUT2D eigenvalue weighted by molar-refractivity contribution is -0.143. The number of ketones is 3. The zero-order valence-electron chi connectivity index (χ0n) is 31.8. The minimum absolute atomic E-state index is 0.141. The molecular weight excluding hydrogens is 734 g/mol. The standard InChI is InChI=1S/C40H50F2N4O10/c1-4-9-23(37(51)31(48)14-15-33(50)44-35(38(43)52)24-16-26(55-2)20-27(17-24)56-3)18-32(49)30-19-25(47)21-46(30)40(54)36(22-10-6-5-7-11-22)45-39(53)34-28(41)12-8-13-29(34)42/h8,12-13,16-17,20,22-23,25,30,35-36,47H,4-7,9-11,14-15,18-19,21H2,1-3H3,(H2,43,52)(H,44,50)(H,45,53)/t23?,25-,30+,35?,36+/m1/s1. The number of methoxy groups -OCH3 is 2. The molecule has 2 aromatic carbocycles. The van der Waals surface area contributed by atoms with Gasteiger partial charge in [0.1, 0.15) is 40.8 Å². The molecule has 1 heterocycles. The number of aliphatic hydroxyl groups is 1. The van der Waals surface area contributed by atoms with Crippen molar-refractivity contribution in [1.29, 1.82) is 0 Å². The van der Waals surface area contributed by atoms with Gasteiger partial charge in [0, 0.05) is 44.2 Å². The van der Waals surface area contributed by atoms with E-state index in [1.807, 2.05) is 0 Å².